The Balaban J connectivity index is 2.21. The third-order valence-electron chi connectivity index (χ3n) is 3.67. The highest BCUT2D eigenvalue weighted by Gasteiger charge is 2.26. The van der Waals surface area contributed by atoms with Crippen LogP contribution < -0.4 is 0 Å². The maximum absolute atomic E-state index is 12.4. The number of hydrogen-bond donors (Lipinski definition) is 0. The van der Waals surface area contributed by atoms with E-state index in [1.54, 1.807) is 12.1 Å². The van der Waals surface area contributed by atoms with E-state index in [0.717, 1.165) is 6.42 Å². The average Bonchev–Trinajstić information content (AvgIpc) is 2.47. The van der Waals surface area contributed by atoms with E-state index in [4.69, 9.17) is 4.74 Å². The van der Waals surface area contributed by atoms with Crippen molar-refractivity contribution in [2.45, 2.75) is 31.1 Å². The molecule has 5 heteroatoms. The number of morpholine rings is 1. The number of hydrogen-bond acceptors (Lipinski definition) is 3. The van der Waals surface area contributed by atoms with E-state index in [1.807, 2.05) is 12.1 Å². The third kappa shape index (κ3) is 3.16. The van der Waals surface area contributed by atoms with Gasteiger partial charge in [0, 0.05) is 13.1 Å². The number of rotatable bonds is 4. The van der Waals surface area contributed by atoms with E-state index in [2.05, 4.69) is 13.8 Å². The zero-order chi connectivity index (χ0) is 13.9. The zero-order valence-electron chi connectivity index (χ0n) is 11.5. The van der Waals surface area contributed by atoms with Crippen molar-refractivity contribution in [3.63, 3.8) is 0 Å². The topological polar surface area (TPSA) is 46.6 Å². The van der Waals surface area contributed by atoms with Gasteiger partial charge >= 0.3 is 0 Å². The molecule has 4 nitrogen and oxygen atoms in total. The van der Waals surface area contributed by atoms with Crippen molar-refractivity contribution in [1.82, 2.24) is 4.31 Å². The lowest BCUT2D eigenvalue weighted by Crippen LogP contribution is -2.40. The van der Waals surface area contributed by atoms with Crippen molar-refractivity contribution in [3.05, 3.63) is 29.8 Å². The van der Waals surface area contributed by atoms with Gasteiger partial charge in [-0.25, -0.2) is 8.42 Å². The first-order valence-electron chi connectivity index (χ1n) is 6.73. The molecule has 2 rings (SSSR count). The second kappa shape index (κ2) is 6.03. The highest BCUT2D eigenvalue weighted by Crippen LogP contribution is 2.22. The molecule has 19 heavy (non-hydrogen) atoms. The number of sulfonamides is 1. The van der Waals surface area contributed by atoms with Gasteiger partial charge in [-0.2, -0.15) is 4.31 Å². The van der Waals surface area contributed by atoms with Gasteiger partial charge in [0.25, 0.3) is 0 Å². The molecule has 1 aliphatic rings. The van der Waals surface area contributed by atoms with E-state index >= 15 is 0 Å². The molecule has 1 aromatic carbocycles. The molecule has 0 N–H and O–H groups in total. The van der Waals surface area contributed by atoms with Gasteiger partial charge in [-0.3, -0.25) is 0 Å². The molecule has 1 saturated heterocycles. The van der Waals surface area contributed by atoms with E-state index in [1.165, 1.54) is 9.87 Å². The van der Waals surface area contributed by atoms with E-state index in [0.29, 0.717) is 37.1 Å². The third-order valence-corrected chi connectivity index (χ3v) is 5.58. The minimum atomic E-state index is -3.36. The molecule has 0 bridgehead atoms. The maximum Gasteiger partial charge on any atom is 0.243 e. The molecule has 1 aromatic rings. The second-order valence-electron chi connectivity index (χ2n) is 4.89. The molecule has 1 fully saturated rings. The fraction of sp³-hybridized carbons (Fsp3) is 0.571. The lowest BCUT2D eigenvalue weighted by molar-refractivity contribution is 0.0730. The Morgan fingerprint density at radius 2 is 1.79 bits per heavy atom. The highest BCUT2D eigenvalue weighted by atomic mass is 32.2. The van der Waals surface area contributed by atoms with Gasteiger partial charge in [-0.1, -0.05) is 26.0 Å². The molecular weight excluding hydrogens is 262 g/mol. The largest absolute Gasteiger partial charge is 0.379 e. The standard InChI is InChI=1S/C14H21NO3S/c1-3-12(2)13-4-6-14(7-5-13)19(16,17)15-8-10-18-11-9-15/h4-7,12H,3,8-11H2,1-2H3/t12-/m1/s1. The van der Waals surface area contributed by atoms with Gasteiger partial charge in [-0.05, 0) is 30.0 Å². The molecule has 1 atom stereocenters. The Bertz CT molecular complexity index is 504. The van der Waals surface area contributed by atoms with Crippen LogP contribution in [0.4, 0.5) is 0 Å². The predicted octanol–water partition coefficient (Wildman–Crippen LogP) is 2.22. The molecule has 0 amide bonds. The normalized spacial score (nSPS) is 19.3. The van der Waals surface area contributed by atoms with Crippen LogP contribution in [0.2, 0.25) is 0 Å². The first-order chi connectivity index (χ1) is 9.05. The van der Waals surface area contributed by atoms with E-state index in [-0.39, 0.29) is 0 Å². The molecule has 106 valence electrons. The number of nitrogens with zero attached hydrogens (tertiary/aromatic N) is 1. The van der Waals surface area contributed by atoms with Gasteiger partial charge in [0.05, 0.1) is 18.1 Å². The second-order valence-corrected chi connectivity index (χ2v) is 6.83. The summed E-state index contributed by atoms with van der Waals surface area (Å²) in [5.74, 6) is 0.458. The molecule has 0 radical (unpaired) electrons. The summed E-state index contributed by atoms with van der Waals surface area (Å²) in [7, 11) is -3.36. The Kier molecular flexibility index (Phi) is 4.60. The summed E-state index contributed by atoms with van der Waals surface area (Å²) in [6, 6.07) is 7.27. The predicted molar refractivity (Wildman–Crippen MR) is 74.7 cm³/mol. The molecule has 0 aromatic heterocycles. The SMILES string of the molecule is CC[C@@H](C)c1ccc(S(=O)(=O)N2CCOCC2)cc1. The summed E-state index contributed by atoms with van der Waals surface area (Å²) >= 11 is 0. The average molecular weight is 283 g/mol. The number of ether oxygens (including phenoxy) is 1. The molecule has 0 spiro atoms. The van der Waals surface area contributed by atoms with Crippen LogP contribution in [0.25, 0.3) is 0 Å². The van der Waals surface area contributed by atoms with Gasteiger partial charge < -0.3 is 4.74 Å². The fourth-order valence-corrected chi connectivity index (χ4v) is 3.55. The van der Waals surface area contributed by atoms with Crippen LogP contribution in [0.1, 0.15) is 31.7 Å². The summed E-state index contributed by atoms with van der Waals surface area (Å²) < 4.78 is 31.5. The van der Waals surface area contributed by atoms with Crippen LogP contribution in [-0.2, 0) is 14.8 Å². The van der Waals surface area contributed by atoms with Crippen molar-refractivity contribution in [1.29, 1.82) is 0 Å². The van der Waals surface area contributed by atoms with Crippen molar-refractivity contribution in [3.8, 4) is 0 Å². The van der Waals surface area contributed by atoms with Crippen molar-refractivity contribution >= 4 is 10.0 Å². The minimum Gasteiger partial charge on any atom is -0.379 e. The fourth-order valence-electron chi connectivity index (χ4n) is 2.14. The lowest BCUT2D eigenvalue weighted by atomic mass is 9.99. The summed E-state index contributed by atoms with van der Waals surface area (Å²) in [6.07, 6.45) is 1.05. The van der Waals surface area contributed by atoms with Crippen molar-refractivity contribution in [2.75, 3.05) is 26.3 Å². The first kappa shape index (κ1) is 14.5. The Morgan fingerprint density at radius 1 is 1.21 bits per heavy atom. The summed E-state index contributed by atoms with van der Waals surface area (Å²) in [5.41, 5.74) is 1.18. The molecular formula is C14H21NO3S. The van der Waals surface area contributed by atoms with Crippen molar-refractivity contribution < 1.29 is 13.2 Å². The van der Waals surface area contributed by atoms with Gasteiger partial charge in [0.1, 0.15) is 0 Å². The van der Waals surface area contributed by atoms with Crippen LogP contribution in [0, 0.1) is 0 Å². The van der Waals surface area contributed by atoms with Crippen LogP contribution in [0.3, 0.4) is 0 Å². The lowest BCUT2D eigenvalue weighted by Gasteiger charge is -2.26. The quantitative estimate of drug-likeness (QED) is 0.851. The summed E-state index contributed by atoms with van der Waals surface area (Å²) in [6.45, 7) is 6.10. The van der Waals surface area contributed by atoms with Gasteiger partial charge in [0.15, 0.2) is 0 Å². The molecule has 0 aliphatic carbocycles. The van der Waals surface area contributed by atoms with Crippen molar-refractivity contribution in [2.24, 2.45) is 0 Å². The molecule has 0 unspecified atom stereocenters. The minimum absolute atomic E-state index is 0.376. The Morgan fingerprint density at radius 3 is 2.32 bits per heavy atom. The van der Waals surface area contributed by atoms with Crippen LogP contribution in [0.5, 0.6) is 0 Å². The first-order valence-corrected chi connectivity index (χ1v) is 8.17. The van der Waals surface area contributed by atoms with E-state index in [9.17, 15) is 8.42 Å². The molecule has 0 saturated carbocycles. The van der Waals surface area contributed by atoms with E-state index < -0.39 is 10.0 Å². The monoisotopic (exact) mass is 283 g/mol. The van der Waals surface area contributed by atoms with Gasteiger partial charge in [-0.15, -0.1) is 0 Å². The smallest absolute Gasteiger partial charge is 0.243 e. The Hall–Kier alpha value is -0.910. The number of benzene rings is 1. The summed E-state index contributed by atoms with van der Waals surface area (Å²) in [4.78, 5) is 0.376. The Labute approximate surface area is 115 Å². The molecule has 1 heterocycles. The zero-order valence-corrected chi connectivity index (χ0v) is 12.3. The van der Waals surface area contributed by atoms with Gasteiger partial charge in [0.2, 0.25) is 10.0 Å². The maximum atomic E-state index is 12.4. The molecule has 1 aliphatic heterocycles. The van der Waals surface area contributed by atoms with Crippen LogP contribution in [0.15, 0.2) is 29.2 Å². The van der Waals surface area contributed by atoms with Crippen LogP contribution >= 0.6 is 0 Å². The highest BCUT2D eigenvalue weighted by molar-refractivity contribution is 7.89. The van der Waals surface area contributed by atoms with Crippen LogP contribution in [-0.4, -0.2) is 39.0 Å². The summed E-state index contributed by atoms with van der Waals surface area (Å²) in [5, 5.41) is 0.